The summed E-state index contributed by atoms with van der Waals surface area (Å²) in [6.45, 7) is 0. The van der Waals surface area contributed by atoms with E-state index in [9.17, 15) is 0 Å². The molecule has 0 fully saturated rings. The van der Waals surface area contributed by atoms with Crippen LogP contribution in [0.15, 0.2) is 48.5 Å². The van der Waals surface area contributed by atoms with Gasteiger partial charge in [-0.2, -0.15) is 0 Å². The van der Waals surface area contributed by atoms with Crippen molar-refractivity contribution in [2.24, 2.45) is 0 Å². The van der Waals surface area contributed by atoms with E-state index in [4.69, 9.17) is 0 Å². The van der Waals surface area contributed by atoms with Gasteiger partial charge in [-0.3, -0.25) is 0 Å². The Labute approximate surface area is 111 Å². The van der Waals surface area contributed by atoms with Crippen LogP contribution >= 0.6 is 0 Å². The minimum Gasteiger partial charge on any atom is -0.305 e. The van der Waals surface area contributed by atoms with E-state index in [0.29, 0.717) is 0 Å². The van der Waals surface area contributed by atoms with E-state index in [0.717, 1.165) is 0 Å². The molecule has 0 aromatic heterocycles. The van der Waals surface area contributed by atoms with Crippen molar-refractivity contribution >= 4 is 0 Å². The third-order valence-corrected chi connectivity index (χ3v) is 3.04. The van der Waals surface area contributed by atoms with Gasteiger partial charge in [0, 0.05) is 28.8 Å². The monoisotopic (exact) mass is 242 g/mol. The largest absolute Gasteiger partial charge is 0.305 e. The quantitative estimate of drug-likeness (QED) is 0.757. The van der Waals surface area contributed by atoms with Crippen LogP contribution in [0.25, 0.3) is 11.1 Å². The molecule has 1 aliphatic carbocycles. The Kier molecular flexibility index (Phi) is 3.29. The first-order valence-corrected chi connectivity index (χ1v) is 5.12. The summed E-state index contributed by atoms with van der Waals surface area (Å²) >= 11 is 0. The van der Waals surface area contributed by atoms with Gasteiger partial charge in [-0.05, 0) is 22.3 Å². The maximum Gasteiger partial charge on any atom is 0.0589 e. The molecule has 1 nitrogen and oxygen atoms in total. The molecule has 0 aliphatic heterocycles. The number of hydrogen-bond donors (Lipinski definition) is 1. The molecular formula is C14H12NTi. The van der Waals surface area contributed by atoms with E-state index in [2.05, 4.69) is 60.9 Å². The fraction of sp³-hybridized carbons (Fsp3) is 0.0714. The Hall–Kier alpha value is -0.886. The molecule has 0 bridgehead atoms. The van der Waals surface area contributed by atoms with Gasteiger partial charge in [0.1, 0.15) is 0 Å². The normalized spacial score (nSPS) is 12.8. The first-order chi connectivity index (χ1) is 7.42. The van der Waals surface area contributed by atoms with Crippen LogP contribution in [0.1, 0.15) is 17.2 Å². The van der Waals surface area contributed by atoms with Gasteiger partial charge in [0.05, 0.1) is 6.04 Å². The summed E-state index contributed by atoms with van der Waals surface area (Å²) in [5.74, 6) is 0. The summed E-state index contributed by atoms with van der Waals surface area (Å²) < 4.78 is 0. The van der Waals surface area contributed by atoms with E-state index in [1.807, 2.05) is 0 Å². The van der Waals surface area contributed by atoms with Crippen LogP contribution in [0.3, 0.4) is 0 Å². The van der Waals surface area contributed by atoms with Crippen molar-refractivity contribution in [2.45, 2.75) is 6.04 Å². The van der Waals surface area contributed by atoms with E-state index in [-0.39, 0.29) is 27.8 Å². The van der Waals surface area contributed by atoms with Gasteiger partial charge >= 0.3 is 0 Å². The number of rotatable bonds is 1. The van der Waals surface area contributed by atoms with E-state index >= 15 is 0 Å². The minimum absolute atomic E-state index is 0. The van der Waals surface area contributed by atoms with Crippen LogP contribution < -0.4 is 5.32 Å². The second-order valence-corrected chi connectivity index (χ2v) is 3.81. The number of fused-ring (bicyclic) bond motifs is 3. The zero-order valence-electron chi connectivity index (χ0n) is 8.90. The third-order valence-electron chi connectivity index (χ3n) is 3.04. The smallest absolute Gasteiger partial charge is 0.0589 e. The fourth-order valence-electron chi connectivity index (χ4n) is 2.38. The third kappa shape index (κ3) is 1.56. The molecule has 0 unspecified atom stereocenters. The molecule has 0 saturated carbocycles. The summed E-state index contributed by atoms with van der Waals surface area (Å²) in [6, 6.07) is 17.2. The molecule has 2 aromatic rings. The van der Waals surface area contributed by atoms with Crippen LogP contribution in [0.5, 0.6) is 0 Å². The summed E-state index contributed by atoms with van der Waals surface area (Å²) in [4.78, 5) is 0. The van der Waals surface area contributed by atoms with Gasteiger partial charge in [-0.15, -0.1) is 0 Å². The molecule has 1 aliphatic rings. The molecule has 1 radical (unpaired) electrons. The zero-order chi connectivity index (χ0) is 10.3. The predicted molar refractivity (Wildman–Crippen MR) is 62.2 cm³/mol. The van der Waals surface area contributed by atoms with E-state index in [1.165, 1.54) is 22.3 Å². The van der Waals surface area contributed by atoms with Gasteiger partial charge in [0.15, 0.2) is 0 Å². The summed E-state index contributed by atoms with van der Waals surface area (Å²) in [5.41, 5.74) is 5.31. The van der Waals surface area contributed by atoms with Crippen molar-refractivity contribution in [3.63, 3.8) is 0 Å². The first-order valence-electron chi connectivity index (χ1n) is 5.12. The predicted octanol–water partition coefficient (Wildman–Crippen LogP) is 3.14. The van der Waals surface area contributed by atoms with Crippen LogP contribution in [0.4, 0.5) is 0 Å². The van der Waals surface area contributed by atoms with Gasteiger partial charge in [-0.1, -0.05) is 48.5 Å². The Bertz CT molecular complexity index is 462. The van der Waals surface area contributed by atoms with Gasteiger partial charge in [0.2, 0.25) is 0 Å². The molecule has 0 heterocycles. The average Bonchev–Trinajstić information content (AvgIpc) is 2.63. The molecule has 0 atom stereocenters. The number of benzene rings is 2. The number of hydrogen-bond acceptors (Lipinski definition) is 1. The topological polar surface area (TPSA) is 12.0 Å². The van der Waals surface area contributed by atoms with Crippen LogP contribution in [0.2, 0.25) is 0 Å². The zero-order valence-corrected chi connectivity index (χ0v) is 10.5. The maximum absolute atomic E-state index is 3.82. The van der Waals surface area contributed by atoms with Crippen molar-refractivity contribution in [3.05, 3.63) is 66.7 Å². The van der Waals surface area contributed by atoms with E-state index in [1.54, 1.807) is 0 Å². The second-order valence-electron chi connectivity index (χ2n) is 3.81. The van der Waals surface area contributed by atoms with Crippen molar-refractivity contribution in [1.29, 1.82) is 0 Å². The van der Waals surface area contributed by atoms with Gasteiger partial charge in [-0.25, -0.2) is 0 Å². The summed E-state index contributed by atoms with van der Waals surface area (Å²) in [5, 5.41) is 3.13. The molecule has 2 aromatic carbocycles. The first kappa shape index (κ1) is 11.6. The van der Waals surface area contributed by atoms with Crippen molar-refractivity contribution < 1.29 is 21.7 Å². The molecule has 0 saturated heterocycles. The number of nitrogens with one attached hydrogen (secondary N) is 1. The molecule has 0 spiro atoms. The Morgan fingerprint density at radius 3 is 1.69 bits per heavy atom. The standard InChI is InChI=1S/C14H12N.Ti/c1-15-14-12-8-4-2-6-10(12)11-7-3-5-9-13(11)14;/h2-9,14-15H,1H2;. The van der Waals surface area contributed by atoms with Crippen LogP contribution in [-0.4, -0.2) is 0 Å². The second kappa shape index (κ2) is 4.54. The molecule has 0 amide bonds. The van der Waals surface area contributed by atoms with Gasteiger partial charge in [0.25, 0.3) is 0 Å². The van der Waals surface area contributed by atoms with Gasteiger partial charge < -0.3 is 5.32 Å². The molecule has 3 rings (SSSR count). The summed E-state index contributed by atoms with van der Waals surface area (Å²) in [6.07, 6.45) is 0. The molecule has 16 heavy (non-hydrogen) atoms. The van der Waals surface area contributed by atoms with Crippen LogP contribution in [0, 0.1) is 7.05 Å². The molecule has 77 valence electrons. The van der Waals surface area contributed by atoms with Crippen LogP contribution in [-0.2, 0) is 21.7 Å². The molecule has 1 N–H and O–H groups in total. The van der Waals surface area contributed by atoms with E-state index < -0.39 is 0 Å². The SMILES string of the molecule is [CH2]NC1c2ccccc2-c2ccccc21.[Ti]. The van der Waals surface area contributed by atoms with Crippen molar-refractivity contribution in [3.8, 4) is 11.1 Å². The fourth-order valence-corrected chi connectivity index (χ4v) is 2.38. The minimum atomic E-state index is 0. The average molecular weight is 242 g/mol. The maximum atomic E-state index is 3.82. The Balaban J connectivity index is 0.000000963. The summed E-state index contributed by atoms with van der Waals surface area (Å²) in [7, 11) is 3.82. The Morgan fingerprint density at radius 1 is 0.812 bits per heavy atom. The molecular weight excluding hydrogens is 230 g/mol. The molecule has 2 heteroatoms. The van der Waals surface area contributed by atoms with Crippen molar-refractivity contribution in [1.82, 2.24) is 5.32 Å². The van der Waals surface area contributed by atoms with Crippen molar-refractivity contribution in [2.75, 3.05) is 0 Å². The Morgan fingerprint density at radius 2 is 1.25 bits per heavy atom.